The van der Waals surface area contributed by atoms with Gasteiger partial charge in [-0.3, -0.25) is 4.79 Å². The molecule has 5 nitrogen and oxygen atoms in total. The van der Waals surface area contributed by atoms with Crippen molar-refractivity contribution in [3.8, 4) is 11.8 Å². The van der Waals surface area contributed by atoms with Crippen LogP contribution in [0.15, 0.2) is 26.7 Å². The van der Waals surface area contributed by atoms with E-state index in [2.05, 4.69) is 37.2 Å². The largest absolute Gasteiger partial charge is 0.494 e. The van der Waals surface area contributed by atoms with Gasteiger partial charge in [-0.1, -0.05) is 0 Å². The Kier molecular flexibility index (Phi) is 6.63. The predicted molar refractivity (Wildman–Crippen MR) is 94.0 cm³/mol. The van der Waals surface area contributed by atoms with Crippen LogP contribution in [0.1, 0.15) is 18.4 Å². The summed E-state index contributed by atoms with van der Waals surface area (Å²) in [6.45, 7) is 1.16. The molecule has 0 aliphatic carbocycles. The second-order valence-corrected chi connectivity index (χ2v) is 6.74. The van der Waals surface area contributed by atoms with Crippen LogP contribution in [-0.2, 0) is 9.53 Å². The van der Waals surface area contributed by atoms with Gasteiger partial charge in [-0.15, -0.1) is 0 Å². The van der Waals surface area contributed by atoms with Crippen molar-refractivity contribution in [3.05, 3.63) is 32.2 Å². The van der Waals surface area contributed by atoms with Crippen molar-refractivity contribution in [3.63, 3.8) is 0 Å². The first-order valence-corrected chi connectivity index (χ1v) is 8.68. The average Bonchev–Trinajstić information content (AvgIpc) is 3.03. The number of methoxy groups -OCH3 is 1. The second-order valence-electron chi connectivity index (χ2n) is 5.03. The molecular weight excluding hydrogens is 428 g/mol. The Morgan fingerprint density at radius 3 is 2.74 bits per heavy atom. The van der Waals surface area contributed by atoms with Gasteiger partial charge in [0, 0.05) is 13.2 Å². The highest BCUT2D eigenvalue weighted by molar-refractivity contribution is 9.11. The molecule has 23 heavy (non-hydrogen) atoms. The van der Waals surface area contributed by atoms with Crippen LogP contribution in [0.5, 0.6) is 5.75 Å². The molecule has 1 atom stereocenters. The molecule has 1 aliphatic heterocycles. The molecule has 1 amide bonds. The van der Waals surface area contributed by atoms with E-state index in [4.69, 9.17) is 9.47 Å². The van der Waals surface area contributed by atoms with Crippen LogP contribution >= 0.6 is 31.9 Å². The summed E-state index contributed by atoms with van der Waals surface area (Å²) in [4.78, 5) is 12.1. The number of hydrogen-bond donors (Lipinski definition) is 1. The molecule has 1 saturated heterocycles. The summed E-state index contributed by atoms with van der Waals surface area (Å²) >= 11 is 6.80. The number of nitrogens with zero attached hydrogens (tertiary/aromatic N) is 1. The van der Waals surface area contributed by atoms with E-state index >= 15 is 0 Å². The van der Waals surface area contributed by atoms with E-state index in [0.29, 0.717) is 17.9 Å². The number of carbonyl (C=O) groups excluding carboxylic acids is 1. The van der Waals surface area contributed by atoms with E-state index in [-0.39, 0.29) is 11.7 Å². The van der Waals surface area contributed by atoms with Crippen molar-refractivity contribution < 1.29 is 14.3 Å². The smallest absolute Gasteiger partial charge is 0.262 e. The molecule has 7 heteroatoms. The van der Waals surface area contributed by atoms with E-state index in [1.807, 2.05) is 6.07 Å². The van der Waals surface area contributed by atoms with Crippen LogP contribution < -0.4 is 10.1 Å². The summed E-state index contributed by atoms with van der Waals surface area (Å²) in [7, 11) is 1.57. The fourth-order valence-electron chi connectivity index (χ4n) is 2.28. The lowest BCUT2D eigenvalue weighted by atomic mass is 10.1. The minimum atomic E-state index is -0.397. The molecule has 1 aromatic carbocycles. The van der Waals surface area contributed by atoms with Gasteiger partial charge in [0.05, 0.1) is 22.2 Å². The third-order valence-corrected chi connectivity index (χ3v) is 4.59. The minimum absolute atomic E-state index is 0.0446. The Morgan fingerprint density at radius 2 is 2.22 bits per heavy atom. The molecular formula is C16H16Br2N2O3. The van der Waals surface area contributed by atoms with Gasteiger partial charge in [-0.05, 0) is 68.5 Å². The van der Waals surface area contributed by atoms with Crippen LogP contribution in [0.25, 0.3) is 6.08 Å². The molecule has 1 aromatic rings. The number of carbonyl (C=O) groups is 1. The van der Waals surface area contributed by atoms with Crippen LogP contribution in [-0.4, -0.2) is 32.3 Å². The van der Waals surface area contributed by atoms with E-state index in [0.717, 1.165) is 28.4 Å². The van der Waals surface area contributed by atoms with Crippen LogP contribution in [0.3, 0.4) is 0 Å². The maximum Gasteiger partial charge on any atom is 0.262 e. The third-order valence-electron chi connectivity index (χ3n) is 3.42. The fourth-order valence-corrected chi connectivity index (χ4v) is 3.83. The number of hydrogen-bond acceptors (Lipinski definition) is 4. The van der Waals surface area contributed by atoms with Gasteiger partial charge in [-0.2, -0.15) is 5.26 Å². The SMILES string of the molecule is COc1c(Br)cc(/C=C(\C#N)C(=O)NC[C@H]2CCCO2)cc1Br. The Hall–Kier alpha value is -1.36. The first-order chi connectivity index (χ1) is 11.0. The molecule has 1 fully saturated rings. The zero-order valence-corrected chi connectivity index (χ0v) is 15.7. The highest BCUT2D eigenvalue weighted by Crippen LogP contribution is 2.35. The predicted octanol–water partition coefficient (Wildman–Crippen LogP) is 3.42. The zero-order chi connectivity index (χ0) is 16.8. The number of halogens is 2. The lowest BCUT2D eigenvalue weighted by molar-refractivity contribution is -0.117. The first kappa shape index (κ1) is 18.0. The maximum atomic E-state index is 12.1. The number of amides is 1. The molecule has 0 spiro atoms. The third kappa shape index (κ3) is 4.80. The summed E-state index contributed by atoms with van der Waals surface area (Å²) in [5.41, 5.74) is 0.764. The van der Waals surface area contributed by atoms with Gasteiger partial charge < -0.3 is 14.8 Å². The Morgan fingerprint density at radius 1 is 1.52 bits per heavy atom. The molecule has 0 bridgehead atoms. The monoisotopic (exact) mass is 442 g/mol. The Balaban J connectivity index is 2.11. The van der Waals surface area contributed by atoms with Crippen molar-refractivity contribution in [2.75, 3.05) is 20.3 Å². The number of nitriles is 1. The number of rotatable bonds is 5. The van der Waals surface area contributed by atoms with Crippen molar-refractivity contribution >= 4 is 43.8 Å². The molecule has 122 valence electrons. The highest BCUT2D eigenvalue weighted by Gasteiger charge is 2.17. The summed E-state index contributed by atoms with van der Waals surface area (Å²) in [5.74, 6) is 0.259. The second kappa shape index (κ2) is 8.48. The zero-order valence-electron chi connectivity index (χ0n) is 12.6. The number of benzene rings is 1. The summed E-state index contributed by atoms with van der Waals surface area (Å²) in [5, 5.41) is 12.0. The van der Waals surface area contributed by atoms with E-state index < -0.39 is 5.91 Å². The maximum absolute atomic E-state index is 12.1. The number of ether oxygens (including phenoxy) is 2. The van der Waals surface area contributed by atoms with Crippen molar-refractivity contribution in [2.45, 2.75) is 18.9 Å². The molecule has 0 saturated carbocycles. The molecule has 0 unspecified atom stereocenters. The van der Waals surface area contributed by atoms with Crippen LogP contribution in [0, 0.1) is 11.3 Å². The highest BCUT2D eigenvalue weighted by atomic mass is 79.9. The van der Waals surface area contributed by atoms with E-state index in [9.17, 15) is 10.1 Å². The Bertz CT molecular complexity index is 639. The van der Waals surface area contributed by atoms with Crippen LogP contribution in [0.2, 0.25) is 0 Å². The number of nitrogens with one attached hydrogen (secondary N) is 1. The van der Waals surface area contributed by atoms with Crippen molar-refractivity contribution in [1.82, 2.24) is 5.32 Å². The average molecular weight is 444 g/mol. The standard InChI is InChI=1S/C16H16Br2N2O3/c1-22-15-13(17)6-10(7-14(15)18)5-11(8-19)16(21)20-9-12-3-2-4-23-12/h5-7,12H,2-4,9H2,1H3,(H,20,21)/b11-5+/t12-/m1/s1. The Labute approximate surface area is 151 Å². The normalized spacial score (nSPS) is 17.7. The van der Waals surface area contributed by atoms with Gasteiger partial charge in [-0.25, -0.2) is 0 Å². The van der Waals surface area contributed by atoms with Gasteiger partial charge in [0.15, 0.2) is 0 Å². The molecule has 2 rings (SSSR count). The van der Waals surface area contributed by atoms with E-state index in [1.165, 1.54) is 0 Å². The van der Waals surface area contributed by atoms with Crippen molar-refractivity contribution in [1.29, 1.82) is 5.26 Å². The lowest BCUT2D eigenvalue weighted by Crippen LogP contribution is -2.32. The van der Waals surface area contributed by atoms with Crippen molar-refractivity contribution in [2.24, 2.45) is 0 Å². The minimum Gasteiger partial charge on any atom is -0.494 e. The summed E-state index contributed by atoms with van der Waals surface area (Å²) in [6.07, 6.45) is 3.53. The molecule has 1 aliphatic rings. The molecule has 1 N–H and O–H groups in total. The summed E-state index contributed by atoms with van der Waals surface area (Å²) < 4.78 is 12.1. The quantitative estimate of drug-likeness (QED) is 0.559. The van der Waals surface area contributed by atoms with Gasteiger partial charge in [0.25, 0.3) is 5.91 Å². The molecule has 0 aromatic heterocycles. The first-order valence-electron chi connectivity index (χ1n) is 7.09. The molecule has 0 radical (unpaired) electrons. The molecule has 1 heterocycles. The van der Waals surface area contributed by atoms with Gasteiger partial charge >= 0.3 is 0 Å². The summed E-state index contributed by atoms with van der Waals surface area (Å²) in [6, 6.07) is 5.51. The topological polar surface area (TPSA) is 71.3 Å². The van der Waals surface area contributed by atoms with Gasteiger partial charge in [0.2, 0.25) is 0 Å². The van der Waals surface area contributed by atoms with Gasteiger partial charge in [0.1, 0.15) is 17.4 Å². The fraction of sp³-hybridized carbons (Fsp3) is 0.375. The lowest BCUT2D eigenvalue weighted by Gasteiger charge is -2.10. The van der Waals surface area contributed by atoms with E-state index in [1.54, 1.807) is 25.3 Å². The van der Waals surface area contributed by atoms with Crippen LogP contribution in [0.4, 0.5) is 0 Å².